The molecule has 4 aromatic rings. The molecule has 2 aromatic carbocycles. The molecule has 0 aliphatic rings. The van der Waals surface area contributed by atoms with E-state index in [1.165, 1.54) is 16.7 Å². The molecule has 0 bridgehead atoms. The number of hydrogen-bond acceptors (Lipinski definition) is 5. The number of nitrogens with zero attached hydrogens (tertiary/aromatic N) is 4. The van der Waals surface area contributed by atoms with E-state index in [4.69, 9.17) is 4.98 Å². The van der Waals surface area contributed by atoms with Crippen molar-refractivity contribution in [1.82, 2.24) is 19.7 Å². The molecule has 0 aliphatic heterocycles. The first-order valence-corrected chi connectivity index (χ1v) is 11.3. The van der Waals surface area contributed by atoms with Crippen molar-refractivity contribution < 1.29 is 0 Å². The van der Waals surface area contributed by atoms with E-state index in [0.717, 1.165) is 33.0 Å². The molecule has 0 atom stereocenters. The maximum atomic E-state index is 4.83. The Morgan fingerprint density at radius 1 is 1.00 bits per heavy atom. The number of aryl methyl sites for hydroxylation is 2. The van der Waals surface area contributed by atoms with Gasteiger partial charge in [0.2, 0.25) is 0 Å². The van der Waals surface area contributed by atoms with Gasteiger partial charge in [0, 0.05) is 28.8 Å². The monoisotopic (exact) mass is 418 g/mol. The van der Waals surface area contributed by atoms with Gasteiger partial charge in [-0.05, 0) is 25.0 Å². The molecule has 0 N–H and O–H groups in total. The third-order valence-electron chi connectivity index (χ3n) is 4.69. The summed E-state index contributed by atoms with van der Waals surface area (Å²) in [7, 11) is 0. The van der Waals surface area contributed by atoms with Crippen LogP contribution in [0.15, 0.2) is 71.7 Å². The predicted molar refractivity (Wildman–Crippen MR) is 122 cm³/mol. The second-order valence-corrected chi connectivity index (χ2v) is 8.57. The van der Waals surface area contributed by atoms with Crippen LogP contribution in [0.4, 0.5) is 0 Å². The van der Waals surface area contributed by atoms with E-state index in [2.05, 4.69) is 77.0 Å². The fourth-order valence-electron chi connectivity index (χ4n) is 3.16. The molecule has 0 saturated carbocycles. The predicted octanol–water partition coefficient (Wildman–Crippen LogP) is 6.16. The lowest BCUT2D eigenvalue weighted by Crippen LogP contribution is -2.01. The Labute approximate surface area is 179 Å². The highest BCUT2D eigenvalue weighted by Gasteiger charge is 2.16. The second-order valence-electron chi connectivity index (χ2n) is 6.77. The van der Waals surface area contributed by atoms with E-state index >= 15 is 0 Å². The van der Waals surface area contributed by atoms with Crippen LogP contribution in [0.2, 0.25) is 0 Å². The van der Waals surface area contributed by atoms with Crippen molar-refractivity contribution in [2.75, 3.05) is 0 Å². The van der Waals surface area contributed by atoms with Gasteiger partial charge in [-0.1, -0.05) is 66.4 Å². The van der Waals surface area contributed by atoms with Crippen LogP contribution in [-0.4, -0.2) is 19.7 Å². The van der Waals surface area contributed by atoms with Crippen LogP contribution in [0, 0.1) is 13.8 Å². The minimum Gasteiger partial charge on any atom is -0.298 e. The highest BCUT2D eigenvalue weighted by atomic mass is 32.2. The molecule has 4 rings (SSSR count). The van der Waals surface area contributed by atoms with E-state index in [1.54, 1.807) is 23.1 Å². The van der Waals surface area contributed by atoms with E-state index in [9.17, 15) is 0 Å². The van der Waals surface area contributed by atoms with Gasteiger partial charge in [-0.25, -0.2) is 4.98 Å². The summed E-state index contributed by atoms with van der Waals surface area (Å²) in [5.74, 6) is 1.63. The summed E-state index contributed by atoms with van der Waals surface area (Å²) >= 11 is 3.35. The molecular formula is C23H22N4S2. The molecule has 146 valence electrons. The summed E-state index contributed by atoms with van der Waals surface area (Å²) in [5.41, 5.74) is 5.79. The Morgan fingerprint density at radius 2 is 1.69 bits per heavy atom. The van der Waals surface area contributed by atoms with E-state index in [1.807, 2.05) is 18.2 Å². The van der Waals surface area contributed by atoms with Crippen LogP contribution in [0.3, 0.4) is 0 Å². The Kier molecular flexibility index (Phi) is 5.92. The minimum atomic E-state index is 0.671. The van der Waals surface area contributed by atoms with Crippen molar-refractivity contribution in [3.8, 4) is 22.0 Å². The summed E-state index contributed by atoms with van der Waals surface area (Å²) in [6, 6.07) is 16.6. The highest BCUT2D eigenvalue weighted by Crippen LogP contribution is 2.31. The molecule has 0 aliphatic carbocycles. The van der Waals surface area contributed by atoms with Gasteiger partial charge < -0.3 is 0 Å². The Hall–Kier alpha value is -2.70. The third-order valence-corrected chi connectivity index (χ3v) is 6.62. The quantitative estimate of drug-likeness (QED) is 0.266. The van der Waals surface area contributed by atoms with Crippen molar-refractivity contribution in [2.45, 2.75) is 31.3 Å². The summed E-state index contributed by atoms with van der Waals surface area (Å²) in [4.78, 5) is 4.83. The first-order valence-electron chi connectivity index (χ1n) is 9.40. The SMILES string of the molecule is C=CCn1c(SCc2csc(-c3ccccc3C)n2)nnc1-c1ccccc1C. The van der Waals surface area contributed by atoms with Crippen LogP contribution in [0.25, 0.3) is 22.0 Å². The van der Waals surface area contributed by atoms with Gasteiger partial charge in [0.25, 0.3) is 0 Å². The zero-order valence-electron chi connectivity index (χ0n) is 16.5. The molecule has 0 fully saturated rings. The molecule has 0 unspecified atom stereocenters. The van der Waals surface area contributed by atoms with Crippen molar-refractivity contribution >= 4 is 23.1 Å². The first kappa shape index (κ1) is 19.6. The maximum Gasteiger partial charge on any atom is 0.192 e. The van der Waals surface area contributed by atoms with E-state index in [0.29, 0.717) is 6.54 Å². The zero-order chi connectivity index (χ0) is 20.2. The molecule has 2 aromatic heterocycles. The molecule has 0 radical (unpaired) electrons. The smallest absolute Gasteiger partial charge is 0.192 e. The van der Waals surface area contributed by atoms with Crippen LogP contribution < -0.4 is 0 Å². The number of allylic oxidation sites excluding steroid dienone is 1. The maximum absolute atomic E-state index is 4.83. The highest BCUT2D eigenvalue weighted by molar-refractivity contribution is 7.98. The average Bonchev–Trinajstić information content (AvgIpc) is 3.35. The van der Waals surface area contributed by atoms with E-state index < -0.39 is 0 Å². The van der Waals surface area contributed by atoms with Gasteiger partial charge in [-0.15, -0.1) is 28.1 Å². The zero-order valence-corrected chi connectivity index (χ0v) is 18.1. The lowest BCUT2D eigenvalue weighted by molar-refractivity contribution is 0.730. The van der Waals surface area contributed by atoms with E-state index in [-0.39, 0.29) is 0 Å². The van der Waals surface area contributed by atoms with Gasteiger partial charge in [-0.3, -0.25) is 4.57 Å². The Morgan fingerprint density at radius 3 is 2.38 bits per heavy atom. The van der Waals surface area contributed by atoms with Crippen LogP contribution in [0.5, 0.6) is 0 Å². The van der Waals surface area contributed by atoms with Crippen LogP contribution >= 0.6 is 23.1 Å². The molecule has 4 nitrogen and oxygen atoms in total. The molecule has 0 amide bonds. The summed E-state index contributed by atoms with van der Waals surface area (Å²) < 4.78 is 2.12. The minimum absolute atomic E-state index is 0.671. The Balaban J connectivity index is 1.56. The van der Waals surface area contributed by atoms with Gasteiger partial charge in [0.15, 0.2) is 11.0 Å². The molecule has 0 spiro atoms. The number of thiazole rings is 1. The number of aromatic nitrogens is 4. The van der Waals surface area contributed by atoms with Crippen molar-refractivity contribution in [3.05, 3.63) is 83.4 Å². The topological polar surface area (TPSA) is 43.6 Å². The second kappa shape index (κ2) is 8.76. The lowest BCUT2D eigenvalue weighted by Gasteiger charge is -2.09. The first-order chi connectivity index (χ1) is 14.2. The summed E-state index contributed by atoms with van der Waals surface area (Å²) in [6.45, 7) is 8.79. The van der Waals surface area contributed by atoms with Gasteiger partial charge in [-0.2, -0.15) is 0 Å². The van der Waals surface area contributed by atoms with Crippen molar-refractivity contribution in [3.63, 3.8) is 0 Å². The van der Waals surface area contributed by atoms with Crippen molar-refractivity contribution in [1.29, 1.82) is 0 Å². The number of hydrogen-bond donors (Lipinski definition) is 0. The molecule has 6 heteroatoms. The number of thioether (sulfide) groups is 1. The molecule has 29 heavy (non-hydrogen) atoms. The third kappa shape index (κ3) is 4.18. The normalized spacial score (nSPS) is 11.0. The van der Waals surface area contributed by atoms with Crippen LogP contribution in [-0.2, 0) is 12.3 Å². The molecule has 0 saturated heterocycles. The van der Waals surface area contributed by atoms with Crippen molar-refractivity contribution in [2.24, 2.45) is 0 Å². The summed E-state index contributed by atoms with van der Waals surface area (Å²) in [6.07, 6.45) is 1.88. The van der Waals surface area contributed by atoms with Gasteiger partial charge in [0.1, 0.15) is 5.01 Å². The van der Waals surface area contributed by atoms with Gasteiger partial charge >= 0.3 is 0 Å². The molecule has 2 heterocycles. The standard InChI is InChI=1S/C23H22N4S2/c1-4-13-27-21(19-11-7-5-9-16(19)2)25-26-23(27)29-15-18-14-28-22(24-18)20-12-8-6-10-17(20)3/h4-12,14H,1,13,15H2,2-3H3. The number of benzene rings is 2. The molecular weight excluding hydrogens is 396 g/mol. The summed E-state index contributed by atoms with van der Waals surface area (Å²) in [5, 5.41) is 13.0. The average molecular weight is 419 g/mol. The number of rotatable bonds is 7. The fraction of sp³-hybridized carbons (Fsp3) is 0.174. The van der Waals surface area contributed by atoms with Gasteiger partial charge in [0.05, 0.1) is 5.69 Å². The van der Waals surface area contributed by atoms with Crippen LogP contribution in [0.1, 0.15) is 16.8 Å². The Bertz CT molecular complexity index is 1140. The fourth-order valence-corrected chi connectivity index (χ4v) is 5.02. The lowest BCUT2D eigenvalue weighted by atomic mass is 10.1. The largest absolute Gasteiger partial charge is 0.298 e.